The Bertz CT molecular complexity index is 374. The molecule has 18 heavy (non-hydrogen) atoms. The Balaban J connectivity index is 0. The van der Waals surface area contributed by atoms with Crippen molar-refractivity contribution < 1.29 is 49.5 Å². The molecule has 0 saturated heterocycles. The van der Waals surface area contributed by atoms with Gasteiger partial charge in [-0.05, 0) is 5.69 Å². The molecule has 0 saturated carbocycles. The number of amides is 1. The maximum absolute atomic E-state index is 11.3. The molecule has 0 aliphatic heterocycles. The zero-order chi connectivity index (χ0) is 13.4. The van der Waals surface area contributed by atoms with E-state index in [2.05, 4.69) is 12.2 Å². The van der Waals surface area contributed by atoms with Crippen molar-refractivity contribution in [3.63, 3.8) is 0 Å². The number of rotatable bonds is 2. The first kappa shape index (κ1) is 19.7. The summed E-state index contributed by atoms with van der Waals surface area (Å²) >= 11 is 0. The Morgan fingerprint density at radius 1 is 1.44 bits per heavy atom. The second-order valence-electron chi connectivity index (χ2n) is 3.58. The van der Waals surface area contributed by atoms with Crippen molar-refractivity contribution in [3.05, 3.63) is 30.7 Å². The van der Waals surface area contributed by atoms with Crippen LogP contribution < -0.4 is 40.0 Å². The molecule has 3 N–H and O–H groups in total. The van der Waals surface area contributed by atoms with Gasteiger partial charge in [0.2, 0.25) is 5.91 Å². The van der Waals surface area contributed by atoms with Gasteiger partial charge in [0, 0.05) is 5.92 Å². The van der Waals surface area contributed by atoms with E-state index in [9.17, 15) is 9.90 Å². The third-order valence-electron chi connectivity index (χ3n) is 1.85. The molecule has 0 spiro atoms. The summed E-state index contributed by atoms with van der Waals surface area (Å²) in [7, 11) is 0. The van der Waals surface area contributed by atoms with Gasteiger partial charge in [0.1, 0.15) is 0 Å². The third-order valence-corrected chi connectivity index (χ3v) is 1.85. The number of carbonyl (C=O) groups excluding carboxylic acids is 1. The molecule has 0 heterocycles. The first-order valence-corrected chi connectivity index (χ1v) is 4.96. The fourth-order valence-corrected chi connectivity index (χ4v) is 0.944. The van der Waals surface area contributed by atoms with Crippen molar-refractivity contribution >= 4 is 19.3 Å². The molecular formula is C11H15BNNaO4-. The van der Waals surface area contributed by atoms with Crippen LogP contribution in [0.5, 0.6) is 5.75 Å². The maximum atomic E-state index is 11.3. The zero-order valence-electron chi connectivity index (χ0n) is 10.8. The van der Waals surface area contributed by atoms with E-state index in [1.165, 1.54) is 6.07 Å². The Hall–Kier alpha value is -0.655. The van der Waals surface area contributed by atoms with E-state index >= 15 is 0 Å². The van der Waals surface area contributed by atoms with E-state index in [0.717, 1.165) is 0 Å². The molecule has 1 aromatic rings. The minimum Gasteiger partial charge on any atom is -0.928 e. The van der Waals surface area contributed by atoms with Gasteiger partial charge in [0.25, 0.3) is 0 Å². The normalized spacial score (nSPS) is 8.72. The summed E-state index contributed by atoms with van der Waals surface area (Å²) in [6.45, 7) is 7.18. The number of hydrogen-bond acceptors (Lipinski definition) is 4. The second-order valence-corrected chi connectivity index (χ2v) is 3.58. The Morgan fingerprint density at radius 3 is 2.33 bits per heavy atom. The molecular weight excluding hydrogens is 244 g/mol. The minimum atomic E-state index is -0.118. The van der Waals surface area contributed by atoms with Gasteiger partial charge < -0.3 is 20.5 Å². The second kappa shape index (κ2) is 10.3. The number of carbonyl (C=O) groups is 1. The topological polar surface area (TPSA) is 92.6 Å². The molecule has 1 radical (unpaired) electrons. The first-order chi connectivity index (χ1) is 7.92. The summed E-state index contributed by atoms with van der Waals surface area (Å²) in [5.74, 6) is -0.259. The van der Waals surface area contributed by atoms with Crippen LogP contribution in [0, 0.1) is 12.8 Å². The van der Waals surface area contributed by atoms with Gasteiger partial charge in [-0.15, -0.1) is 12.1 Å². The number of benzene rings is 1. The monoisotopic (exact) mass is 259 g/mol. The van der Waals surface area contributed by atoms with E-state index < -0.39 is 0 Å². The molecule has 1 amide bonds. The van der Waals surface area contributed by atoms with Crippen molar-refractivity contribution in [2.75, 3.05) is 5.32 Å². The van der Waals surface area contributed by atoms with E-state index in [-0.39, 0.29) is 54.8 Å². The van der Waals surface area contributed by atoms with Crippen LogP contribution in [-0.2, 0) is 4.79 Å². The van der Waals surface area contributed by atoms with Crippen molar-refractivity contribution in [1.29, 1.82) is 0 Å². The molecule has 0 aromatic heterocycles. The first-order valence-electron chi connectivity index (χ1n) is 4.96. The van der Waals surface area contributed by atoms with Crippen LogP contribution >= 0.6 is 0 Å². The summed E-state index contributed by atoms with van der Waals surface area (Å²) in [5.41, 5.74) is 1.01. The predicted molar refractivity (Wildman–Crippen MR) is 64.0 cm³/mol. The fraction of sp³-hybridized carbons (Fsp3) is 0.273. The minimum absolute atomic E-state index is 0. The molecule has 7 heteroatoms. The van der Waals surface area contributed by atoms with Gasteiger partial charge in [-0.1, -0.05) is 19.9 Å². The van der Waals surface area contributed by atoms with Gasteiger partial charge in [-0.2, -0.15) is 6.92 Å². The SMILES string of the molecule is O[B]O.[CH2-]c1cc(NC(=O)C(C)C)ccc1[O-].[Na+]. The quantitative estimate of drug-likeness (QED) is 0.391. The molecule has 1 aromatic carbocycles. The molecule has 0 aliphatic carbocycles. The van der Waals surface area contributed by atoms with Crippen molar-refractivity contribution in [2.45, 2.75) is 13.8 Å². The summed E-state index contributed by atoms with van der Waals surface area (Å²) in [5, 5.41) is 27.7. The van der Waals surface area contributed by atoms with Gasteiger partial charge in [0.05, 0.1) is 0 Å². The number of anilines is 1. The van der Waals surface area contributed by atoms with Crippen LogP contribution in [0.25, 0.3) is 0 Å². The zero-order valence-corrected chi connectivity index (χ0v) is 12.8. The van der Waals surface area contributed by atoms with Gasteiger partial charge in [-0.25, -0.2) is 11.3 Å². The van der Waals surface area contributed by atoms with Crippen LogP contribution in [0.15, 0.2) is 18.2 Å². The summed E-state index contributed by atoms with van der Waals surface area (Å²) < 4.78 is 0. The van der Waals surface area contributed by atoms with E-state index in [4.69, 9.17) is 10.0 Å². The predicted octanol–water partition coefficient (Wildman–Crippen LogP) is -2.95. The molecule has 0 atom stereocenters. The molecule has 0 aliphatic rings. The Labute approximate surface area is 130 Å². The largest absolute Gasteiger partial charge is 1.00 e. The van der Waals surface area contributed by atoms with E-state index in [1.54, 1.807) is 12.1 Å². The average Bonchev–Trinajstić information content (AvgIpc) is 2.24. The third kappa shape index (κ3) is 7.63. The van der Waals surface area contributed by atoms with E-state index in [0.29, 0.717) is 11.3 Å². The summed E-state index contributed by atoms with van der Waals surface area (Å²) in [4.78, 5) is 11.3. The standard InChI is InChI=1S/C11H14NO2.BH2O2.Na/c1-7(2)11(14)12-9-4-5-10(13)8(3)6-9;2-1-3;/h4-7,13H,3H2,1-2H3,(H,12,14);2-3H;/q-1;;+1/p-1. The van der Waals surface area contributed by atoms with Crippen LogP contribution in [0.1, 0.15) is 19.4 Å². The molecule has 1 rings (SSSR count). The summed E-state index contributed by atoms with van der Waals surface area (Å²) in [6.07, 6.45) is 0. The number of nitrogens with one attached hydrogen (secondary N) is 1. The van der Waals surface area contributed by atoms with Gasteiger partial charge >= 0.3 is 37.2 Å². The fourth-order valence-electron chi connectivity index (χ4n) is 0.944. The maximum Gasteiger partial charge on any atom is 1.00 e. The van der Waals surface area contributed by atoms with E-state index in [1.807, 2.05) is 13.8 Å². The Kier molecular flexibility index (Phi) is 11.2. The molecule has 5 nitrogen and oxygen atoms in total. The van der Waals surface area contributed by atoms with Crippen LogP contribution in [0.4, 0.5) is 5.69 Å². The van der Waals surface area contributed by atoms with Crippen molar-refractivity contribution in [3.8, 4) is 5.75 Å². The van der Waals surface area contributed by atoms with Gasteiger partial charge in [0.15, 0.2) is 0 Å². The van der Waals surface area contributed by atoms with Crippen molar-refractivity contribution in [1.82, 2.24) is 0 Å². The molecule has 93 valence electrons. The van der Waals surface area contributed by atoms with Crippen molar-refractivity contribution in [2.24, 2.45) is 5.92 Å². The van der Waals surface area contributed by atoms with Crippen LogP contribution in [0.3, 0.4) is 0 Å². The smallest absolute Gasteiger partial charge is 0.928 e. The molecule has 0 fully saturated rings. The van der Waals surface area contributed by atoms with Crippen LogP contribution in [0.2, 0.25) is 0 Å². The summed E-state index contributed by atoms with van der Waals surface area (Å²) in [6, 6.07) is 4.55. The van der Waals surface area contributed by atoms with Crippen LogP contribution in [-0.4, -0.2) is 23.6 Å². The number of hydrogen-bond donors (Lipinski definition) is 3. The average molecular weight is 259 g/mol. The molecule has 0 unspecified atom stereocenters. The molecule has 0 bridgehead atoms. The van der Waals surface area contributed by atoms with Gasteiger partial charge in [-0.3, -0.25) is 4.79 Å². The Morgan fingerprint density at radius 2 is 1.94 bits per heavy atom.